The molecule has 0 aromatic heterocycles. The molecule has 0 aromatic carbocycles. The van der Waals surface area contributed by atoms with E-state index in [4.69, 9.17) is 14.6 Å². The molecule has 1 unspecified atom stereocenters. The first-order chi connectivity index (χ1) is 7.36. The standard InChI is InChI=1S/C12H24O4/c1-6-10(12(13)14)7-11(15-8(2)3)16-9(4)5/h8-11H,6-7H2,1-5H3,(H,13,14). The Labute approximate surface area is 97.9 Å². The Morgan fingerprint density at radius 3 is 1.81 bits per heavy atom. The fourth-order valence-corrected chi connectivity index (χ4v) is 1.42. The maximum absolute atomic E-state index is 10.9. The number of carboxylic acids is 1. The lowest BCUT2D eigenvalue weighted by Gasteiger charge is -2.25. The molecule has 0 rings (SSSR count). The predicted octanol–water partition coefficient (Wildman–Crippen LogP) is 2.66. The summed E-state index contributed by atoms with van der Waals surface area (Å²) in [6.07, 6.45) is 0.642. The average molecular weight is 232 g/mol. The molecular formula is C12H24O4. The number of rotatable bonds is 8. The lowest BCUT2D eigenvalue weighted by molar-refractivity contribution is -0.192. The molecule has 0 aromatic rings. The van der Waals surface area contributed by atoms with Crippen molar-refractivity contribution >= 4 is 5.97 Å². The second-order valence-electron chi connectivity index (χ2n) is 4.48. The van der Waals surface area contributed by atoms with Crippen LogP contribution in [0.1, 0.15) is 47.5 Å². The van der Waals surface area contributed by atoms with Crippen molar-refractivity contribution in [3.8, 4) is 0 Å². The van der Waals surface area contributed by atoms with E-state index in [0.717, 1.165) is 0 Å². The van der Waals surface area contributed by atoms with Gasteiger partial charge in [0.25, 0.3) is 0 Å². The zero-order valence-electron chi connectivity index (χ0n) is 10.9. The number of ether oxygens (including phenoxy) is 2. The van der Waals surface area contributed by atoms with Crippen LogP contribution in [0.2, 0.25) is 0 Å². The van der Waals surface area contributed by atoms with Gasteiger partial charge in [0.05, 0.1) is 18.1 Å². The highest BCUT2D eigenvalue weighted by molar-refractivity contribution is 5.69. The molecule has 0 radical (unpaired) electrons. The summed E-state index contributed by atoms with van der Waals surface area (Å²) in [7, 11) is 0. The van der Waals surface area contributed by atoms with Gasteiger partial charge in [-0.3, -0.25) is 4.79 Å². The van der Waals surface area contributed by atoms with Crippen molar-refractivity contribution in [1.82, 2.24) is 0 Å². The molecule has 4 nitrogen and oxygen atoms in total. The van der Waals surface area contributed by atoms with Crippen LogP contribution < -0.4 is 0 Å². The van der Waals surface area contributed by atoms with E-state index >= 15 is 0 Å². The molecule has 0 aliphatic heterocycles. The topological polar surface area (TPSA) is 55.8 Å². The Kier molecular flexibility index (Phi) is 7.34. The van der Waals surface area contributed by atoms with E-state index in [0.29, 0.717) is 12.8 Å². The van der Waals surface area contributed by atoms with Crippen molar-refractivity contribution < 1.29 is 19.4 Å². The summed E-state index contributed by atoms with van der Waals surface area (Å²) < 4.78 is 11.1. The van der Waals surface area contributed by atoms with Crippen LogP contribution >= 0.6 is 0 Å². The number of carbonyl (C=O) groups is 1. The molecule has 0 heterocycles. The van der Waals surface area contributed by atoms with Crippen LogP contribution in [0, 0.1) is 5.92 Å². The van der Waals surface area contributed by atoms with Crippen molar-refractivity contribution in [3.05, 3.63) is 0 Å². The van der Waals surface area contributed by atoms with Crippen LogP contribution in [0.3, 0.4) is 0 Å². The molecule has 1 N–H and O–H groups in total. The van der Waals surface area contributed by atoms with Gasteiger partial charge in [-0.25, -0.2) is 0 Å². The molecular weight excluding hydrogens is 208 g/mol. The SMILES string of the molecule is CCC(CC(OC(C)C)OC(C)C)C(=O)O. The van der Waals surface area contributed by atoms with E-state index in [1.807, 2.05) is 34.6 Å². The summed E-state index contributed by atoms with van der Waals surface area (Å²) in [5.41, 5.74) is 0. The third-order valence-corrected chi connectivity index (χ3v) is 2.17. The Bertz CT molecular complexity index is 191. The zero-order valence-corrected chi connectivity index (χ0v) is 10.9. The van der Waals surface area contributed by atoms with Gasteiger partial charge in [0.15, 0.2) is 6.29 Å². The van der Waals surface area contributed by atoms with Crippen molar-refractivity contribution in [2.24, 2.45) is 5.92 Å². The van der Waals surface area contributed by atoms with E-state index in [1.54, 1.807) is 0 Å². The largest absolute Gasteiger partial charge is 0.481 e. The van der Waals surface area contributed by atoms with E-state index in [9.17, 15) is 4.79 Å². The molecule has 0 spiro atoms. The highest BCUT2D eigenvalue weighted by Gasteiger charge is 2.23. The minimum atomic E-state index is -0.785. The van der Waals surface area contributed by atoms with Gasteiger partial charge < -0.3 is 14.6 Å². The maximum Gasteiger partial charge on any atom is 0.306 e. The minimum Gasteiger partial charge on any atom is -0.481 e. The average Bonchev–Trinajstić information content (AvgIpc) is 2.11. The van der Waals surface area contributed by atoms with E-state index in [1.165, 1.54) is 0 Å². The summed E-state index contributed by atoms with van der Waals surface area (Å²) in [6, 6.07) is 0. The fraction of sp³-hybridized carbons (Fsp3) is 0.917. The van der Waals surface area contributed by atoms with Crippen molar-refractivity contribution in [2.45, 2.75) is 66.0 Å². The van der Waals surface area contributed by atoms with E-state index in [2.05, 4.69) is 0 Å². The molecule has 0 saturated carbocycles. The van der Waals surface area contributed by atoms with Crippen LogP contribution in [-0.4, -0.2) is 29.6 Å². The minimum absolute atomic E-state index is 0.0371. The van der Waals surface area contributed by atoms with Crippen LogP contribution in [0.25, 0.3) is 0 Å². The second kappa shape index (κ2) is 7.63. The van der Waals surface area contributed by atoms with E-state index in [-0.39, 0.29) is 12.2 Å². The summed E-state index contributed by atoms with van der Waals surface area (Å²) in [5, 5.41) is 8.98. The lowest BCUT2D eigenvalue weighted by Crippen LogP contribution is -2.29. The smallest absolute Gasteiger partial charge is 0.306 e. The van der Waals surface area contributed by atoms with Gasteiger partial charge in [-0.1, -0.05) is 6.92 Å². The van der Waals surface area contributed by atoms with Crippen molar-refractivity contribution in [3.63, 3.8) is 0 Å². The highest BCUT2D eigenvalue weighted by Crippen LogP contribution is 2.17. The third kappa shape index (κ3) is 6.80. The van der Waals surface area contributed by atoms with Crippen LogP contribution in [0.5, 0.6) is 0 Å². The first-order valence-electron chi connectivity index (χ1n) is 5.90. The molecule has 0 aliphatic carbocycles. The number of aliphatic carboxylic acids is 1. The van der Waals surface area contributed by atoms with Gasteiger partial charge in [-0.2, -0.15) is 0 Å². The lowest BCUT2D eigenvalue weighted by atomic mass is 10.0. The van der Waals surface area contributed by atoms with Crippen molar-refractivity contribution in [2.75, 3.05) is 0 Å². The summed E-state index contributed by atoms with van der Waals surface area (Å²) in [5.74, 6) is -1.19. The van der Waals surface area contributed by atoms with Crippen LogP contribution in [-0.2, 0) is 14.3 Å². The Morgan fingerprint density at radius 2 is 1.56 bits per heavy atom. The van der Waals surface area contributed by atoms with Gasteiger partial charge in [0.1, 0.15) is 0 Å². The van der Waals surface area contributed by atoms with Gasteiger partial charge >= 0.3 is 5.97 Å². The van der Waals surface area contributed by atoms with Gasteiger partial charge in [0.2, 0.25) is 0 Å². The molecule has 0 saturated heterocycles. The van der Waals surface area contributed by atoms with Crippen molar-refractivity contribution in [1.29, 1.82) is 0 Å². The molecule has 0 bridgehead atoms. The first-order valence-corrected chi connectivity index (χ1v) is 5.90. The number of hydrogen-bond acceptors (Lipinski definition) is 3. The fourth-order valence-electron chi connectivity index (χ4n) is 1.42. The molecule has 4 heteroatoms. The second-order valence-corrected chi connectivity index (χ2v) is 4.48. The number of hydrogen-bond donors (Lipinski definition) is 1. The molecule has 0 aliphatic rings. The Hall–Kier alpha value is -0.610. The van der Waals surface area contributed by atoms with E-state index < -0.39 is 18.2 Å². The monoisotopic (exact) mass is 232 g/mol. The van der Waals surface area contributed by atoms with Gasteiger partial charge in [-0.15, -0.1) is 0 Å². The van der Waals surface area contributed by atoms with Crippen LogP contribution in [0.15, 0.2) is 0 Å². The molecule has 16 heavy (non-hydrogen) atoms. The molecule has 1 atom stereocenters. The normalized spacial score (nSPS) is 13.8. The number of carboxylic acid groups (broad SMARTS) is 1. The molecule has 96 valence electrons. The molecule has 0 fully saturated rings. The van der Waals surface area contributed by atoms with Gasteiger partial charge in [-0.05, 0) is 34.1 Å². The highest BCUT2D eigenvalue weighted by atomic mass is 16.7. The van der Waals surface area contributed by atoms with Gasteiger partial charge in [0, 0.05) is 6.42 Å². The quantitative estimate of drug-likeness (QED) is 0.654. The summed E-state index contributed by atoms with van der Waals surface area (Å²) >= 11 is 0. The zero-order chi connectivity index (χ0) is 12.7. The summed E-state index contributed by atoms with van der Waals surface area (Å²) in [6.45, 7) is 9.52. The van der Waals surface area contributed by atoms with Crippen LogP contribution in [0.4, 0.5) is 0 Å². The maximum atomic E-state index is 10.9. The summed E-state index contributed by atoms with van der Waals surface area (Å²) in [4.78, 5) is 10.9. The Morgan fingerprint density at radius 1 is 1.12 bits per heavy atom. The predicted molar refractivity (Wildman–Crippen MR) is 62.3 cm³/mol. The third-order valence-electron chi connectivity index (χ3n) is 2.17. The molecule has 0 amide bonds. The first kappa shape index (κ1) is 15.4. The Balaban J connectivity index is 4.32.